The highest BCUT2D eigenvalue weighted by atomic mass is 32.2. The molecule has 0 aliphatic rings. The summed E-state index contributed by atoms with van der Waals surface area (Å²) in [5, 5.41) is 0. The molecule has 0 aromatic heterocycles. The van der Waals surface area contributed by atoms with E-state index in [9.17, 15) is 0 Å². The molecule has 46 valence electrons. The third-order valence-corrected chi connectivity index (χ3v) is 0.822. The minimum Gasteiger partial charge on any atom is -0.330 e. The first-order chi connectivity index (χ1) is 2.56. The van der Waals surface area contributed by atoms with Gasteiger partial charge in [0, 0.05) is 4.75 Å². The van der Waals surface area contributed by atoms with Gasteiger partial charge in [0.05, 0.1) is 0 Å². The second-order valence-electron chi connectivity index (χ2n) is 2.20. The predicted octanol–water partition coefficient (Wildman–Crippen LogP) is 2.10. The van der Waals surface area contributed by atoms with Gasteiger partial charge in [-0.25, -0.2) is 0 Å². The van der Waals surface area contributed by atoms with E-state index in [0.717, 1.165) is 12.0 Å². The maximum absolute atomic E-state index is 8.32. The molecule has 7 heavy (non-hydrogen) atoms. The molecule has 0 aliphatic heterocycles. The fraction of sp³-hybridized carbons (Fsp3) is 1.00. The monoisotopic (exact) mass is 140 g/mol. The zero-order valence-corrected chi connectivity index (χ0v) is 6.67. The molecule has 0 rings (SSSR count). The van der Waals surface area contributed by atoms with Gasteiger partial charge in [0.2, 0.25) is 0 Å². The molecule has 0 radical (unpaired) electrons. The topological polar surface area (TPSA) is 20.2 Å². The van der Waals surface area contributed by atoms with Gasteiger partial charge in [-0.2, -0.15) is 13.5 Å². The maximum atomic E-state index is 8.32. The highest BCUT2D eigenvalue weighted by Gasteiger charge is 2.06. The van der Waals surface area contributed by atoms with Gasteiger partial charge in [0.1, 0.15) is 0 Å². The Morgan fingerprint density at radius 1 is 1.29 bits per heavy atom. The molecule has 0 spiro atoms. The van der Waals surface area contributed by atoms with Crippen LogP contribution in [-0.2, 0) is 0 Å². The summed E-state index contributed by atoms with van der Waals surface area (Å²) in [7, 11) is 0. The van der Waals surface area contributed by atoms with Gasteiger partial charge < -0.3 is 4.55 Å². The van der Waals surface area contributed by atoms with Crippen LogP contribution in [0.15, 0.2) is 0 Å². The lowest BCUT2D eigenvalue weighted by Crippen LogP contribution is -2.04. The van der Waals surface area contributed by atoms with Crippen molar-refractivity contribution in [2.75, 3.05) is 0 Å². The summed E-state index contributed by atoms with van der Waals surface area (Å²) in [6, 6.07) is 0. The van der Waals surface area contributed by atoms with Crippen molar-refractivity contribution < 1.29 is 4.55 Å². The molecule has 0 amide bonds. The van der Waals surface area contributed by atoms with Gasteiger partial charge >= 0.3 is 0 Å². The normalized spacial score (nSPS) is 10.3. The lowest BCUT2D eigenvalue weighted by atomic mass is 10.3. The molecule has 0 aliphatic carbocycles. The third-order valence-electron chi connectivity index (χ3n) is 0.274. The highest BCUT2D eigenvalue weighted by molar-refractivity contribution is 7.95. The molecule has 0 saturated carbocycles. The Morgan fingerprint density at radius 3 is 1.43 bits per heavy atom. The van der Waals surface area contributed by atoms with Crippen molar-refractivity contribution in [1.82, 2.24) is 0 Å². The lowest BCUT2D eigenvalue weighted by Gasteiger charge is -2.09. The van der Waals surface area contributed by atoms with Crippen molar-refractivity contribution in [2.45, 2.75) is 25.5 Å². The lowest BCUT2D eigenvalue weighted by molar-refractivity contribution is 0.624. The number of hydrogen-bond acceptors (Lipinski definition) is 2. The molecule has 0 atom stereocenters. The van der Waals surface area contributed by atoms with Gasteiger partial charge in [-0.05, 0) is 32.8 Å². The Balaban J connectivity index is 0. The van der Waals surface area contributed by atoms with E-state index in [-0.39, 0.29) is 18.2 Å². The van der Waals surface area contributed by atoms with Crippen LogP contribution >= 0.6 is 25.5 Å². The molecule has 1 N–H and O–H groups in total. The van der Waals surface area contributed by atoms with Crippen LogP contribution in [0.25, 0.3) is 0 Å². The Hall–Kier alpha value is 0.660. The summed E-state index contributed by atoms with van der Waals surface area (Å²) in [4.78, 5) is 0. The molecule has 0 fully saturated rings. The molecular weight excluding hydrogens is 128 g/mol. The summed E-state index contributed by atoms with van der Waals surface area (Å²) in [5.41, 5.74) is 0. The minimum atomic E-state index is 0. The molecule has 0 aromatic carbocycles. The van der Waals surface area contributed by atoms with E-state index in [1.165, 1.54) is 0 Å². The zero-order valence-electron chi connectivity index (χ0n) is 4.86. The van der Waals surface area contributed by atoms with Crippen LogP contribution < -0.4 is 0 Å². The summed E-state index contributed by atoms with van der Waals surface area (Å²) in [6.45, 7) is 5.87. The minimum absolute atomic E-state index is 0. The molecule has 0 unspecified atom stereocenters. The Labute approximate surface area is 56.2 Å². The summed E-state index contributed by atoms with van der Waals surface area (Å²) < 4.78 is 8.33. The van der Waals surface area contributed by atoms with Crippen LogP contribution in [0.4, 0.5) is 0 Å². The zero-order chi connectivity index (χ0) is 5.21. The van der Waals surface area contributed by atoms with Gasteiger partial charge in [-0.1, -0.05) is 0 Å². The van der Waals surface area contributed by atoms with E-state index in [4.69, 9.17) is 4.55 Å². The van der Waals surface area contributed by atoms with Crippen LogP contribution in [0.2, 0.25) is 0 Å². The van der Waals surface area contributed by atoms with E-state index in [0.29, 0.717) is 0 Å². The molecule has 0 heterocycles. The second kappa shape index (κ2) is 3.64. The Bertz CT molecular complexity index is 39.4. The van der Waals surface area contributed by atoms with Gasteiger partial charge in [-0.3, -0.25) is 0 Å². The van der Waals surface area contributed by atoms with E-state index < -0.39 is 0 Å². The SMILES string of the molecule is CC(C)(C)SO.S. The second-order valence-corrected chi connectivity index (χ2v) is 3.61. The first-order valence-electron chi connectivity index (χ1n) is 1.89. The van der Waals surface area contributed by atoms with Crippen molar-refractivity contribution in [3.63, 3.8) is 0 Å². The first kappa shape index (κ1) is 10.6. The quantitative estimate of drug-likeness (QED) is 0.520. The molecule has 3 heteroatoms. The Morgan fingerprint density at radius 2 is 1.43 bits per heavy atom. The van der Waals surface area contributed by atoms with Crippen molar-refractivity contribution >= 4 is 25.5 Å². The Kier molecular flexibility index (Phi) is 5.51. The predicted molar refractivity (Wildman–Crippen MR) is 40.4 cm³/mol. The van der Waals surface area contributed by atoms with E-state index in [1.54, 1.807) is 0 Å². The van der Waals surface area contributed by atoms with Crippen molar-refractivity contribution in [3.05, 3.63) is 0 Å². The molecule has 0 aromatic rings. The van der Waals surface area contributed by atoms with Crippen LogP contribution in [0.5, 0.6) is 0 Å². The summed E-state index contributed by atoms with van der Waals surface area (Å²) in [5.74, 6) is 0. The van der Waals surface area contributed by atoms with Crippen LogP contribution in [0, 0.1) is 0 Å². The average molecular weight is 140 g/mol. The first-order valence-corrected chi connectivity index (χ1v) is 2.66. The van der Waals surface area contributed by atoms with Crippen LogP contribution in [-0.4, -0.2) is 9.30 Å². The maximum Gasteiger partial charge on any atom is 0.0335 e. The van der Waals surface area contributed by atoms with Crippen molar-refractivity contribution in [3.8, 4) is 0 Å². The third kappa shape index (κ3) is 10.8. The molecule has 1 nitrogen and oxygen atoms in total. The number of hydrogen-bond donors (Lipinski definition) is 1. The summed E-state index contributed by atoms with van der Waals surface area (Å²) in [6.07, 6.45) is 0. The van der Waals surface area contributed by atoms with E-state index in [1.807, 2.05) is 20.8 Å². The molecular formula is C4H12OS2. The molecule has 0 bridgehead atoms. The van der Waals surface area contributed by atoms with Crippen molar-refractivity contribution in [1.29, 1.82) is 0 Å². The van der Waals surface area contributed by atoms with Crippen LogP contribution in [0.1, 0.15) is 20.8 Å². The average Bonchev–Trinajstić information content (AvgIpc) is 1.35. The summed E-state index contributed by atoms with van der Waals surface area (Å²) >= 11 is 0.882. The van der Waals surface area contributed by atoms with E-state index >= 15 is 0 Å². The largest absolute Gasteiger partial charge is 0.330 e. The van der Waals surface area contributed by atoms with Gasteiger partial charge in [0.25, 0.3) is 0 Å². The highest BCUT2D eigenvalue weighted by Crippen LogP contribution is 2.17. The van der Waals surface area contributed by atoms with Gasteiger partial charge in [0.15, 0.2) is 0 Å². The van der Waals surface area contributed by atoms with Crippen molar-refractivity contribution in [2.24, 2.45) is 0 Å². The molecule has 0 saturated heterocycles. The fourth-order valence-electron chi connectivity index (χ4n) is 0. The van der Waals surface area contributed by atoms with Crippen LogP contribution in [0.3, 0.4) is 0 Å². The fourth-order valence-corrected chi connectivity index (χ4v) is 0. The standard InChI is InChI=1S/C4H10OS.H2S/c1-4(2,3)6-5;/h5H,1-3H3;1H2. The van der Waals surface area contributed by atoms with Gasteiger partial charge in [-0.15, -0.1) is 0 Å². The number of rotatable bonds is 0. The van der Waals surface area contributed by atoms with E-state index in [2.05, 4.69) is 0 Å². The smallest absolute Gasteiger partial charge is 0.0335 e.